The van der Waals surface area contributed by atoms with Crippen molar-refractivity contribution < 1.29 is 22.7 Å². The highest BCUT2D eigenvalue weighted by atomic mass is 35.5. The topological polar surface area (TPSA) is 84.0 Å². The number of benzene rings is 1. The number of piperidine rings is 2. The van der Waals surface area contributed by atoms with Crippen molar-refractivity contribution >= 4 is 33.5 Å². The van der Waals surface area contributed by atoms with Crippen LogP contribution in [0.25, 0.3) is 0 Å². The Labute approximate surface area is 177 Å². The van der Waals surface area contributed by atoms with Gasteiger partial charge in [-0.15, -0.1) is 0 Å². The summed E-state index contributed by atoms with van der Waals surface area (Å²) >= 11 is 6.19. The second kappa shape index (κ2) is 9.45. The molecule has 160 valence electrons. The molecule has 29 heavy (non-hydrogen) atoms. The summed E-state index contributed by atoms with van der Waals surface area (Å²) in [6.07, 6.45) is 3.74. The average Bonchev–Trinajstić information content (AvgIpc) is 2.74. The zero-order valence-corrected chi connectivity index (χ0v) is 18.2. The Bertz CT molecular complexity index is 860. The molecule has 0 bridgehead atoms. The molecule has 2 aliphatic heterocycles. The monoisotopic (exact) mass is 442 g/mol. The lowest BCUT2D eigenvalue weighted by Crippen LogP contribution is -2.40. The van der Waals surface area contributed by atoms with Gasteiger partial charge in [0.2, 0.25) is 10.0 Å². The molecular weight excluding hydrogens is 416 g/mol. The Morgan fingerprint density at radius 2 is 1.76 bits per heavy atom. The van der Waals surface area contributed by atoms with Crippen LogP contribution in [0.5, 0.6) is 0 Å². The van der Waals surface area contributed by atoms with Crippen molar-refractivity contribution in [2.75, 3.05) is 32.8 Å². The molecule has 1 amide bonds. The van der Waals surface area contributed by atoms with Crippen molar-refractivity contribution in [1.29, 1.82) is 0 Å². The Morgan fingerprint density at radius 3 is 2.38 bits per heavy atom. The first-order chi connectivity index (χ1) is 13.8. The Morgan fingerprint density at radius 1 is 1.10 bits per heavy atom. The van der Waals surface area contributed by atoms with E-state index in [0.717, 1.165) is 19.3 Å². The van der Waals surface area contributed by atoms with E-state index >= 15 is 0 Å². The van der Waals surface area contributed by atoms with Crippen LogP contribution in [0.3, 0.4) is 0 Å². The molecule has 0 unspecified atom stereocenters. The van der Waals surface area contributed by atoms with E-state index in [9.17, 15) is 18.0 Å². The second-order valence-electron chi connectivity index (χ2n) is 7.43. The summed E-state index contributed by atoms with van der Waals surface area (Å²) in [6, 6.07) is 4.40. The lowest BCUT2D eigenvalue weighted by molar-refractivity contribution is -0.149. The van der Waals surface area contributed by atoms with Gasteiger partial charge in [-0.05, 0) is 50.8 Å². The molecule has 2 aliphatic rings. The van der Waals surface area contributed by atoms with E-state index in [4.69, 9.17) is 16.3 Å². The summed E-state index contributed by atoms with van der Waals surface area (Å²) in [5, 5.41) is 0.119. The molecule has 2 heterocycles. The molecule has 9 heteroatoms. The molecular formula is C20H27ClN2O5S. The molecule has 3 rings (SSSR count). The van der Waals surface area contributed by atoms with Gasteiger partial charge in [0.15, 0.2) is 0 Å². The Hall–Kier alpha value is -1.64. The van der Waals surface area contributed by atoms with Crippen LogP contribution in [0.2, 0.25) is 5.02 Å². The summed E-state index contributed by atoms with van der Waals surface area (Å²) in [6.45, 7) is 3.92. The van der Waals surface area contributed by atoms with E-state index < -0.39 is 10.0 Å². The molecule has 0 aromatic heterocycles. The molecule has 0 N–H and O–H groups in total. The van der Waals surface area contributed by atoms with Crippen molar-refractivity contribution in [2.45, 2.75) is 43.9 Å². The fraction of sp³-hybridized carbons (Fsp3) is 0.600. The van der Waals surface area contributed by atoms with Crippen LogP contribution < -0.4 is 0 Å². The van der Waals surface area contributed by atoms with Crippen LogP contribution >= 0.6 is 11.6 Å². The van der Waals surface area contributed by atoms with Crippen molar-refractivity contribution in [1.82, 2.24) is 9.21 Å². The summed E-state index contributed by atoms with van der Waals surface area (Å²) < 4.78 is 32.5. The number of halogens is 1. The predicted molar refractivity (Wildman–Crippen MR) is 109 cm³/mol. The van der Waals surface area contributed by atoms with Gasteiger partial charge < -0.3 is 9.64 Å². The van der Waals surface area contributed by atoms with Gasteiger partial charge in [-0.3, -0.25) is 9.59 Å². The lowest BCUT2D eigenvalue weighted by Gasteiger charge is -2.31. The summed E-state index contributed by atoms with van der Waals surface area (Å²) in [4.78, 5) is 26.4. The first-order valence-electron chi connectivity index (χ1n) is 10.1. The highest BCUT2D eigenvalue weighted by molar-refractivity contribution is 7.89. The van der Waals surface area contributed by atoms with E-state index in [1.54, 1.807) is 17.9 Å². The van der Waals surface area contributed by atoms with Gasteiger partial charge in [-0.2, -0.15) is 4.31 Å². The summed E-state index contributed by atoms with van der Waals surface area (Å²) in [7, 11) is -3.74. The maximum Gasteiger partial charge on any atom is 0.309 e. The maximum absolute atomic E-state index is 13.0. The van der Waals surface area contributed by atoms with Crippen molar-refractivity contribution in [3.8, 4) is 0 Å². The summed E-state index contributed by atoms with van der Waals surface area (Å²) in [5.41, 5.74) is 0.291. The lowest BCUT2D eigenvalue weighted by atomic mass is 9.96. The SMILES string of the molecule is CCOC(=O)C1CCN(C(=O)c2ccc(Cl)c(S(=O)(=O)N3CCCCC3)c2)CC1. The first-order valence-corrected chi connectivity index (χ1v) is 11.9. The van der Waals surface area contributed by atoms with Crippen LogP contribution in [0.4, 0.5) is 0 Å². The van der Waals surface area contributed by atoms with Gasteiger partial charge in [0.05, 0.1) is 17.5 Å². The third-order valence-corrected chi connectivity index (χ3v) is 7.89. The first kappa shape index (κ1) is 22.1. The Balaban J connectivity index is 1.74. The number of sulfonamides is 1. The third kappa shape index (κ3) is 4.92. The molecule has 0 radical (unpaired) electrons. The number of hydrogen-bond donors (Lipinski definition) is 0. The molecule has 0 atom stereocenters. The molecule has 0 aliphatic carbocycles. The fourth-order valence-electron chi connectivity index (χ4n) is 3.84. The van der Waals surface area contributed by atoms with Crippen LogP contribution in [0, 0.1) is 5.92 Å². The molecule has 0 saturated carbocycles. The van der Waals surface area contributed by atoms with Gasteiger partial charge in [-0.25, -0.2) is 8.42 Å². The normalized spacial score (nSPS) is 19.2. The van der Waals surface area contributed by atoms with E-state index in [1.807, 2.05) is 0 Å². The van der Waals surface area contributed by atoms with E-state index in [0.29, 0.717) is 51.2 Å². The van der Waals surface area contributed by atoms with Gasteiger partial charge in [0, 0.05) is 31.7 Å². The van der Waals surface area contributed by atoms with Crippen LogP contribution in [-0.2, 0) is 19.6 Å². The minimum absolute atomic E-state index is 0.0201. The van der Waals surface area contributed by atoms with E-state index in [-0.39, 0.29) is 27.7 Å². The van der Waals surface area contributed by atoms with Crippen molar-refractivity contribution in [3.63, 3.8) is 0 Å². The van der Waals surface area contributed by atoms with Gasteiger partial charge in [0.1, 0.15) is 4.90 Å². The highest BCUT2D eigenvalue weighted by Crippen LogP contribution is 2.29. The van der Waals surface area contributed by atoms with Crippen LogP contribution in [0.1, 0.15) is 49.4 Å². The summed E-state index contributed by atoms with van der Waals surface area (Å²) in [5.74, 6) is -0.667. The Kier molecular flexibility index (Phi) is 7.19. The molecule has 0 spiro atoms. The number of carbonyl (C=O) groups excluding carboxylic acids is 2. The zero-order valence-electron chi connectivity index (χ0n) is 16.6. The zero-order chi connectivity index (χ0) is 21.0. The van der Waals surface area contributed by atoms with Crippen molar-refractivity contribution in [2.24, 2.45) is 5.92 Å². The third-order valence-electron chi connectivity index (χ3n) is 5.51. The number of amides is 1. The fourth-order valence-corrected chi connectivity index (χ4v) is 5.86. The van der Waals surface area contributed by atoms with Crippen LogP contribution in [-0.4, -0.2) is 62.3 Å². The van der Waals surface area contributed by atoms with Crippen LogP contribution in [0.15, 0.2) is 23.1 Å². The standard InChI is InChI=1S/C20H27ClN2O5S/c1-2-28-20(25)15-8-12-22(13-9-15)19(24)16-6-7-17(21)18(14-16)29(26,27)23-10-4-3-5-11-23/h6-7,14-15H,2-5,8-13H2,1H3. The van der Waals surface area contributed by atoms with Crippen molar-refractivity contribution in [3.05, 3.63) is 28.8 Å². The largest absolute Gasteiger partial charge is 0.466 e. The predicted octanol–water partition coefficient (Wildman–Crippen LogP) is 2.93. The smallest absolute Gasteiger partial charge is 0.309 e. The minimum Gasteiger partial charge on any atom is -0.466 e. The number of rotatable bonds is 5. The molecule has 2 fully saturated rings. The number of ether oxygens (including phenoxy) is 1. The maximum atomic E-state index is 13.0. The number of carbonyl (C=O) groups is 2. The van der Waals surface area contributed by atoms with E-state index in [1.165, 1.54) is 16.4 Å². The molecule has 2 saturated heterocycles. The van der Waals surface area contributed by atoms with E-state index in [2.05, 4.69) is 0 Å². The average molecular weight is 443 g/mol. The van der Waals surface area contributed by atoms with Gasteiger partial charge >= 0.3 is 5.97 Å². The number of nitrogens with zero attached hydrogens (tertiary/aromatic N) is 2. The quantitative estimate of drug-likeness (QED) is 0.654. The number of hydrogen-bond acceptors (Lipinski definition) is 5. The van der Waals surface area contributed by atoms with Gasteiger partial charge in [0.25, 0.3) is 5.91 Å². The highest BCUT2D eigenvalue weighted by Gasteiger charge is 2.31. The number of esters is 1. The molecule has 1 aromatic rings. The number of likely N-dealkylation sites (tertiary alicyclic amines) is 1. The molecule has 1 aromatic carbocycles. The second-order valence-corrected chi connectivity index (χ2v) is 9.74. The molecule has 7 nitrogen and oxygen atoms in total. The van der Waals surface area contributed by atoms with Gasteiger partial charge in [-0.1, -0.05) is 18.0 Å². The minimum atomic E-state index is -3.74.